The van der Waals surface area contributed by atoms with Crippen LogP contribution in [-0.4, -0.2) is 84.6 Å². The Hall–Kier alpha value is 0.390. The van der Waals surface area contributed by atoms with Gasteiger partial charge in [-0.05, 0) is 6.42 Å². The van der Waals surface area contributed by atoms with Crippen LogP contribution in [0.4, 0.5) is 0 Å². The Labute approximate surface area is 221 Å². The normalized spacial score (nSPS) is 13.3. The molecule has 0 aromatic heterocycles. The maximum atomic E-state index is 11.3. The van der Waals surface area contributed by atoms with Crippen molar-refractivity contribution in [1.29, 1.82) is 0 Å². The summed E-state index contributed by atoms with van der Waals surface area (Å²) in [7, 11) is -4.23. The molecule has 11 heteroatoms. The third-order valence-electron chi connectivity index (χ3n) is 4.93. The number of alkyl halides is 1. The van der Waals surface area contributed by atoms with Crippen LogP contribution in [0, 0.1) is 0 Å². The molecule has 0 saturated heterocycles. The van der Waals surface area contributed by atoms with Crippen molar-refractivity contribution >= 4 is 23.8 Å². The van der Waals surface area contributed by atoms with Crippen LogP contribution in [0.15, 0.2) is 0 Å². The van der Waals surface area contributed by atoms with Crippen LogP contribution in [0.2, 0.25) is 0 Å². The van der Waals surface area contributed by atoms with Crippen LogP contribution < -0.4 is 4.89 Å². The predicted octanol–water partition coefficient (Wildman–Crippen LogP) is 4.89. The molecular weight excluding hydrogens is 543 g/mol. The summed E-state index contributed by atoms with van der Waals surface area (Å²) < 4.78 is 47.6. The maximum absolute atomic E-state index is 11.3. The zero-order chi connectivity index (χ0) is 25.7. The fourth-order valence-electron chi connectivity index (χ4n) is 3.06. The Balaban J connectivity index is 3.11. The summed E-state index contributed by atoms with van der Waals surface area (Å²) in [5, 5.41) is 0.418. The Morgan fingerprint density at radius 3 is 1.29 bits per heavy atom. The van der Waals surface area contributed by atoms with E-state index in [1.165, 1.54) is 57.8 Å². The third kappa shape index (κ3) is 30.5. The molecule has 0 aliphatic rings. The van der Waals surface area contributed by atoms with Gasteiger partial charge in [-0.1, -0.05) is 80.6 Å². The van der Waals surface area contributed by atoms with E-state index in [2.05, 4.69) is 31.9 Å². The Morgan fingerprint density at radius 2 is 0.857 bits per heavy atom. The lowest BCUT2D eigenvalue weighted by Gasteiger charge is -2.21. The fourth-order valence-corrected chi connectivity index (χ4v) is 4.16. The number of rotatable bonds is 30. The van der Waals surface area contributed by atoms with Crippen molar-refractivity contribution in [2.24, 2.45) is 0 Å². The van der Waals surface area contributed by atoms with Crippen molar-refractivity contribution in [3.05, 3.63) is 0 Å². The van der Waals surface area contributed by atoms with Crippen LogP contribution in [-0.2, 0) is 37.3 Å². The molecular formula is C24H49BrO9P-. The Bertz CT molecular complexity index is 461. The zero-order valence-corrected chi connectivity index (χ0v) is 24.2. The van der Waals surface area contributed by atoms with Crippen LogP contribution in [0.1, 0.15) is 71.1 Å². The molecule has 1 unspecified atom stereocenters. The lowest BCUT2D eigenvalue weighted by molar-refractivity contribution is -0.225. The van der Waals surface area contributed by atoms with E-state index in [1.807, 2.05) is 0 Å². The minimum atomic E-state index is -4.23. The monoisotopic (exact) mass is 591 g/mol. The van der Waals surface area contributed by atoms with E-state index in [0.29, 0.717) is 58.2 Å². The molecule has 9 nitrogen and oxygen atoms in total. The molecule has 0 bridgehead atoms. The van der Waals surface area contributed by atoms with Crippen LogP contribution >= 0.6 is 23.8 Å². The lowest BCUT2D eigenvalue weighted by atomic mass is 10.1. The van der Waals surface area contributed by atoms with Gasteiger partial charge in [0, 0.05) is 11.9 Å². The smallest absolute Gasteiger partial charge is 0.267 e. The number of phosphoric ester groups is 1. The minimum absolute atomic E-state index is 0.0392. The van der Waals surface area contributed by atoms with Crippen molar-refractivity contribution in [2.75, 3.05) is 84.6 Å². The molecule has 0 fully saturated rings. The molecule has 0 rings (SSSR count). The largest absolute Gasteiger partial charge is 0.756 e. The van der Waals surface area contributed by atoms with Crippen molar-refractivity contribution in [1.82, 2.24) is 0 Å². The van der Waals surface area contributed by atoms with Gasteiger partial charge in [0.15, 0.2) is 0 Å². The lowest BCUT2D eigenvalue weighted by Crippen LogP contribution is -2.15. The molecule has 0 N–H and O–H groups in total. The van der Waals surface area contributed by atoms with E-state index in [9.17, 15) is 9.46 Å². The first-order valence-electron chi connectivity index (χ1n) is 13.2. The molecule has 1 atom stereocenters. The number of phosphoric acid groups is 1. The van der Waals surface area contributed by atoms with Gasteiger partial charge >= 0.3 is 0 Å². The Morgan fingerprint density at radius 1 is 0.514 bits per heavy atom. The summed E-state index contributed by atoms with van der Waals surface area (Å²) in [4.78, 5) is 11.3. The second kappa shape index (κ2) is 29.0. The van der Waals surface area contributed by atoms with Crippen molar-refractivity contribution in [3.63, 3.8) is 0 Å². The van der Waals surface area contributed by atoms with E-state index in [1.54, 1.807) is 0 Å². The second-order valence-corrected chi connectivity index (χ2v) is 10.3. The summed E-state index contributed by atoms with van der Waals surface area (Å²) in [6.07, 6.45) is 13.3. The van der Waals surface area contributed by atoms with E-state index in [-0.39, 0.29) is 19.8 Å². The van der Waals surface area contributed by atoms with Crippen LogP contribution in [0.3, 0.4) is 0 Å². The van der Waals surface area contributed by atoms with Crippen molar-refractivity contribution in [2.45, 2.75) is 71.1 Å². The molecule has 0 heterocycles. The highest BCUT2D eigenvalue weighted by Gasteiger charge is 2.08. The molecule has 35 heavy (non-hydrogen) atoms. The summed E-state index contributed by atoms with van der Waals surface area (Å²) in [6.45, 7) is 7.11. The highest BCUT2D eigenvalue weighted by atomic mass is 79.9. The highest BCUT2D eigenvalue weighted by molar-refractivity contribution is 9.09. The quantitative estimate of drug-likeness (QED) is 0.0655. The van der Waals surface area contributed by atoms with Gasteiger partial charge < -0.3 is 37.6 Å². The standard InChI is InChI=1S/C24H50BrO9P/c1-2-3-4-5-6-7-8-9-10-11-13-28-15-16-29-17-18-30-19-20-31-21-22-32-23-24-34-35(26,27)33-14-12-25/h2-24H2,1H3,(H,26,27)/p-1. The summed E-state index contributed by atoms with van der Waals surface area (Å²) in [5.41, 5.74) is 0. The molecule has 212 valence electrons. The molecule has 0 saturated carbocycles. The molecule has 0 amide bonds. The van der Waals surface area contributed by atoms with E-state index in [0.717, 1.165) is 13.0 Å². The average Bonchev–Trinajstić information content (AvgIpc) is 2.85. The van der Waals surface area contributed by atoms with E-state index >= 15 is 0 Å². The van der Waals surface area contributed by atoms with Crippen LogP contribution in [0.5, 0.6) is 0 Å². The molecule has 0 aliphatic heterocycles. The van der Waals surface area contributed by atoms with E-state index in [4.69, 9.17) is 23.7 Å². The summed E-state index contributed by atoms with van der Waals surface area (Å²) in [5.74, 6) is 0. The maximum Gasteiger partial charge on any atom is 0.267 e. The van der Waals surface area contributed by atoms with Crippen LogP contribution in [0.25, 0.3) is 0 Å². The summed E-state index contributed by atoms with van der Waals surface area (Å²) >= 11 is 3.07. The SMILES string of the molecule is CCCCCCCCCCCCOCCOCCOCCOCCOCCOP(=O)([O-])OCCBr. The predicted molar refractivity (Wildman–Crippen MR) is 139 cm³/mol. The topological polar surface area (TPSA) is 105 Å². The van der Waals surface area contributed by atoms with Gasteiger partial charge in [-0.2, -0.15) is 0 Å². The highest BCUT2D eigenvalue weighted by Crippen LogP contribution is 2.37. The van der Waals surface area contributed by atoms with Gasteiger partial charge in [0.1, 0.15) is 0 Å². The van der Waals surface area contributed by atoms with Gasteiger partial charge in [0.25, 0.3) is 7.82 Å². The number of halogens is 1. The fraction of sp³-hybridized carbons (Fsp3) is 1.00. The number of unbranched alkanes of at least 4 members (excludes halogenated alkanes) is 9. The van der Waals surface area contributed by atoms with E-state index < -0.39 is 7.82 Å². The van der Waals surface area contributed by atoms with Gasteiger partial charge in [-0.15, -0.1) is 0 Å². The number of hydrogen-bond donors (Lipinski definition) is 0. The first-order chi connectivity index (χ1) is 17.1. The molecule has 0 aromatic rings. The molecule has 0 radical (unpaired) electrons. The van der Waals surface area contributed by atoms with Gasteiger partial charge in [0.05, 0.1) is 72.7 Å². The summed E-state index contributed by atoms with van der Waals surface area (Å²) in [6, 6.07) is 0. The van der Waals surface area contributed by atoms with Gasteiger partial charge in [-0.25, -0.2) is 0 Å². The molecule has 0 aliphatic carbocycles. The first-order valence-corrected chi connectivity index (χ1v) is 15.8. The molecule has 0 spiro atoms. The minimum Gasteiger partial charge on any atom is -0.756 e. The molecule has 0 aromatic carbocycles. The first kappa shape index (κ1) is 35.4. The third-order valence-corrected chi connectivity index (χ3v) is 6.26. The van der Waals surface area contributed by atoms with Crippen molar-refractivity contribution in [3.8, 4) is 0 Å². The number of hydrogen-bond acceptors (Lipinski definition) is 9. The number of ether oxygens (including phenoxy) is 5. The average molecular weight is 593 g/mol. The van der Waals surface area contributed by atoms with Gasteiger partial charge in [-0.3, -0.25) is 4.57 Å². The van der Waals surface area contributed by atoms with Crippen molar-refractivity contribution < 1.29 is 42.2 Å². The second-order valence-electron chi connectivity index (χ2n) is 8.05. The Kier molecular flexibility index (Phi) is 29.3. The van der Waals surface area contributed by atoms with Gasteiger partial charge in [0.2, 0.25) is 0 Å². The zero-order valence-electron chi connectivity index (χ0n) is 21.8.